The van der Waals surface area contributed by atoms with Crippen molar-refractivity contribution < 1.29 is 18.9 Å². The first kappa shape index (κ1) is 21.4. The van der Waals surface area contributed by atoms with Crippen molar-refractivity contribution >= 4 is 5.96 Å². The fraction of sp³-hybridized carbons (Fsp3) is 0.947. The second kappa shape index (κ2) is 14.2. The molecule has 0 aromatic heterocycles. The number of ether oxygens (including phenoxy) is 4. The van der Waals surface area contributed by atoms with E-state index in [1.54, 1.807) is 7.05 Å². The molecular formula is C19H37N3O4. The lowest BCUT2D eigenvalue weighted by molar-refractivity contribution is 0.0168. The summed E-state index contributed by atoms with van der Waals surface area (Å²) in [6, 6.07) is 0. The number of nitrogens with zero attached hydrogens (tertiary/aromatic N) is 1. The van der Waals surface area contributed by atoms with E-state index in [0.29, 0.717) is 12.0 Å². The third kappa shape index (κ3) is 9.71. The lowest BCUT2D eigenvalue weighted by Crippen LogP contribution is -2.38. The van der Waals surface area contributed by atoms with Crippen LogP contribution in [0.2, 0.25) is 0 Å². The highest BCUT2D eigenvalue weighted by Gasteiger charge is 2.15. The second-order valence-corrected chi connectivity index (χ2v) is 6.97. The van der Waals surface area contributed by atoms with Crippen LogP contribution < -0.4 is 10.6 Å². The van der Waals surface area contributed by atoms with Crippen molar-refractivity contribution in [1.82, 2.24) is 10.6 Å². The molecular weight excluding hydrogens is 334 g/mol. The summed E-state index contributed by atoms with van der Waals surface area (Å²) in [4.78, 5) is 4.24. The highest BCUT2D eigenvalue weighted by molar-refractivity contribution is 5.79. The summed E-state index contributed by atoms with van der Waals surface area (Å²) < 4.78 is 22.3. The van der Waals surface area contributed by atoms with Crippen LogP contribution in [0, 0.1) is 5.92 Å². The Morgan fingerprint density at radius 1 is 0.962 bits per heavy atom. The van der Waals surface area contributed by atoms with Crippen molar-refractivity contribution in [2.24, 2.45) is 10.9 Å². The molecule has 1 atom stereocenters. The van der Waals surface area contributed by atoms with Crippen molar-refractivity contribution in [3.8, 4) is 0 Å². The van der Waals surface area contributed by atoms with Gasteiger partial charge in [0.25, 0.3) is 0 Å². The minimum absolute atomic E-state index is 0.311. The van der Waals surface area contributed by atoms with Gasteiger partial charge in [-0.25, -0.2) is 0 Å². The van der Waals surface area contributed by atoms with Crippen LogP contribution >= 0.6 is 0 Å². The first-order chi connectivity index (χ1) is 12.9. The molecule has 0 spiro atoms. The second-order valence-electron chi connectivity index (χ2n) is 6.97. The van der Waals surface area contributed by atoms with E-state index in [9.17, 15) is 0 Å². The molecule has 0 bridgehead atoms. The topological polar surface area (TPSA) is 73.3 Å². The standard InChI is InChI=1S/C19H37N3O4/c1-20-19(22-9-4-11-25-16-18-5-2-12-26-18)21-8-3-10-24-15-17-6-13-23-14-7-17/h17-18H,2-16H2,1H3,(H2,20,21,22). The smallest absolute Gasteiger partial charge is 0.190 e. The van der Waals surface area contributed by atoms with Crippen LogP contribution in [-0.2, 0) is 18.9 Å². The molecule has 2 rings (SSSR count). The highest BCUT2D eigenvalue weighted by Crippen LogP contribution is 2.14. The van der Waals surface area contributed by atoms with Gasteiger partial charge >= 0.3 is 0 Å². The number of hydrogen-bond acceptors (Lipinski definition) is 5. The van der Waals surface area contributed by atoms with Crippen LogP contribution in [-0.4, -0.2) is 78.4 Å². The van der Waals surface area contributed by atoms with Crippen molar-refractivity contribution in [2.45, 2.75) is 44.6 Å². The maximum atomic E-state index is 5.77. The van der Waals surface area contributed by atoms with Gasteiger partial charge in [0, 0.05) is 59.8 Å². The number of nitrogens with one attached hydrogen (secondary N) is 2. The summed E-state index contributed by atoms with van der Waals surface area (Å²) in [5, 5.41) is 6.63. The molecule has 0 aromatic rings. The largest absolute Gasteiger partial charge is 0.381 e. The highest BCUT2D eigenvalue weighted by atomic mass is 16.5. The molecule has 1 unspecified atom stereocenters. The molecule has 2 saturated heterocycles. The van der Waals surface area contributed by atoms with E-state index < -0.39 is 0 Å². The van der Waals surface area contributed by atoms with Crippen molar-refractivity contribution in [3.63, 3.8) is 0 Å². The van der Waals surface area contributed by atoms with Crippen molar-refractivity contribution in [3.05, 3.63) is 0 Å². The number of guanidine groups is 1. The molecule has 26 heavy (non-hydrogen) atoms. The van der Waals surface area contributed by atoms with Gasteiger partial charge in [-0.3, -0.25) is 4.99 Å². The number of hydrogen-bond donors (Lipinski definition) is 2. The minimum atomic E-state index is 0.311. The third-order valence-electron chi connectivity index (χ3n) is 4.76. The van der Waals surface area contributed by atoms with E-state index in [1.165, 1.54) is 0 Å². The number of aliphatic imine (C=N–C) groups is 1. The predicted octanol–water partition coefficient (Wildman–Crippen LogP) is 1.57. The SMILES string of the molecule is CN=C(NCCCOCC1CCOCC1)NCCCOCC1CCCO1. The van der Waals surface area contributed by atoms with Gasteiger partial charge < -0.3 is 29.6 Å². The molecule has 7 heteroatoms. The van der Waals surface area contributed by atoms with E-state index in [-0.39, 0.29) is 0 Å². The van der Waals surface area contributed by atoms with Crippen molar-refractivity contribution in [1.29, 1.82) is 0 Å². The van der Waals surface area contributed by atoms with Crippen LogP contribution in [0.5, 0.6) is 0 Å². The van der Waals surface area contributed by atoms with Crippen LogP contribution in [0.4, 0.5) is 0 Å². The zero-order valence-corrected chi connectivity index (χ0v) is 16.3. The molecule has 7 nitrogen and oxygen atoms in total. The average molecular weight is 372 g/mol. The molecule has 152 valence electrons. The Kier molecular flexibility index (Phi) is 11.7. The van der Waals surface area contributed by atoms with Crippen molar-refractivity contribution in [2.75, 3.05) is 66.4 Å². The maximum absolute atomic E-state index is 5.77. The maximum Gasteiger partial charge on any atom is 0.190 e. The van der Waals surface area contributed by atoms with Crippen LogP contribution in [0.1, 0.15) is 38.5 Å². The normalized spacial score (nSPS) is 21.9. The summed E-state index contributed by atoms with van der Waals surface area (Å²) in [5.41, 5.74) is 0. The Balaban J connectivity index is 1.36. The van der Waals surface area contributed by atoms with Gasteiger partial charge in [-0.15, -0.1) is 0 Å². The van der Waals surface area contributed by atoms with Crippen LogP contribution in [0.25, 0.3) is 0 Å². The Morgan fingerprint density at radius 3 is 2.27 bits per heavy atom. The van der Waals surface area contributed by atoms with E-state index in [0.717, 1.165) is 104 Å². The lowest BCUT2D eigenvalue weighted by Gasteiger charge is -2.21. The van der Waals surface area contributed by atoms with Crippen LogP contribution in [0.15, 0.2) is 4.99 Å². The predicted molar refractivity (Wildman–Crippen MR) is 103 cm³/mol. The average Bonchev–Trinajstić information content (AvgIpc) is 3.19. The van der Waals surface area contributed by atoms with Gasteiger partial charge in [0.15, 0.2) is 5.96 Å². The molecule has 2 aliphatic heterocycles. The summed E-state index contributed by atoms with van der Waals surface area (Å²) in [7, 11) is 1.80. The number of rotatable bonds is 12. The molecule has 0 radical (unpaired) electrons. The zero-order chi connectivity index (χ0) is 18.3. The first-order valence-electron chi connectivity index (χ1n) is 10.2. The van der Waals surface area contributed by atoms with Gasteiger partial charge in [-0.1, -0.05) is 0 Å². The monoisotopic (exact) mass is 371 g/mol. The molecule has 0 amide bonds. The molecule has 0 saturated carbocycles. The molecule has 0 aromatic carbocycles. The fourth-order valence-electron chi connectivity index (χ4n) is 3.14. The van der Waals surface area contributed by atoms with E-state index in [2.05, 4.69) is 15.6 Å². The Labute approximate surface area is 158 Å². The summed E-state index contributed by atoms with van der Waals surface area (Å²) >= 11 is 0. The minimum Gasteiger partial charge on any atom is -0.381 e. The van der Waals surface area contributed by atoms with E-state index >= 15 is 0 Å². The molecule has 0 aliphatic carbocycles. The molecule has 2 fully saturated rings. The Bertz CT molecular complexity index is 370. The van der Waals surface area contributed by atoms with Gasteiger partial charge in [0.1, 0.15) is 0 Å². The van der Waals surface area contributed by atoms with Gasteiger partial charge in [-0.05, 0) is 44.4 Å². The van der Waals surface area contributed by atoms with Gasteiger partial charge in [-0.2, -0.15) is 0 Å². The Morgan fingerprint density at radius 2 is 1.65 bits per heavy atom. The third-order valence-corrected chi connectivity index (χ3v) is 4.76. The first-order valence-corrected chi connectivity index (χ1v) is 10.2. The summed E-state index contributed by atoms with van der Waals surface area (Å²) in [5.74, 6) is 1.52. The van der Waals surface area contributed by atoms with E-state index in [1.807, 2.05) is 0 Å². The Hall–Kier alpha value is -0.890. The lowest BCUT2D eigenvalue weighted by atomic mass is 10.0. The summed E-state index contributed by atoms with van der Waals surface area (Å²) in [6.07, 6.45) is 6.81. The fourth-order valence-corrected chi connectivity index (χ4v) is 3.14. The van der Waals surface area contributed by atoms with Gasteiger partial charge in [0.05, 0.1) is 12.7 Å². The van der Waals surface area contributed by atoms with E-state index in [4.69, 9.17) is 18.9 Å². The summed E-state index contributed by atoms with van der Waals surface area (Å²) in [6.45, 7) is 7.51. The van der Waals surface area contributed by atoms with Crippen LogP contribution in [0.3, 0.4) is 0 Å². The quantitative estimate of drug-likeness (QED) is 0.308. The zero-order valence-electron chi connectivity index (χ0n) is 16.3. The molecule has 2 N–H and O–H groups in total. The molecule has 2 heterocycles. The molecule has 2 aliphatic rings. The van der Waals surface area contributed by atoms with Gasteiger partial charge in [0.2, 0.25) is 0 Å².